The fraction of sp³-hybridized carbons (Fsp3) is 0.478. The fourth-order valence-electron chi connectivity index (χ4n) is 4.61. The third kappa shape index (κ3) is 3.63. The van der Waals surface area contributed by atoms with Crippen molar-refractivity contribution in [1.82, 2.24) is 9.47 Å². The monoisotopic (exact) mass is 380 g/mol. The molecule has 1 aromatic carbocycles. The van der Waals surface area contributed by atoms with Crippen molar-refractivity contribution in [3.63, 3.8) is 0 Å². The molecule has 1 saturated heterocycles. The highest BCUT2D eigenvalue weighted by atomic mass is 16.3. The van der Waals surface area contributed by atoms with E-state index in [-0.39, 0.29) is 18.1 Å². The molecule has 2 aromatic rings. The molecule has 1 fully saturated rings. The highest BCUT2D eigenvalue weighted by Gasteiger charge is 2.29. The molecule has 1 aromatic heterocycles. The minimum absolute atomic E-state index is 0.0573. The average Bonchev–Trinajstić information content (AvgIpc) is 3.19. The first-order chi connectivity index (χ1) is 13.6. The first-order valence-corrected chi connectivity index (χ1v) is 10.3. The highest BCUT2D eigenvalue weighted by molar-refractivity contribution is 5.94. The maximum absolute atomic E-state index is 13.1. The van der Waals surface area contributed by atoms with E-state index in [1.165, 1.54) is 5.56 Å². The van der Waals surface area contributed by atoms with Crippen molar-refractivity contribution >= 4 is 5.91 Å². The van der Waals surface area contributed by atoms with Crippen LogP contribution in [-0.2, 0) is 32.9 Å². The molecule has 1 atom stereocenters. The minimum atomic E-state index is -0.159. The van der Waals surface area contributed by atoms with Crippen molar-refractivity contribution in [1.29, 1.82) is 0 Å². The number of aliphatic hydroxyl groups excluding tert-OH is 1. The van der Waals surface area contributed by atoms with Crippen molar-refractivity contribution < 1.29 is 9.90 Å². The molecule has 1 unspecified atom stereocenters. The molecule has 2 aliphatic rings. The lowest BCUT2D eigenvalue weighted by molar-refractivity contribution is 0.0784. The summed E-state index contributed by atoms with van der Waals surface area (Å²) in [5.41, 5.74) is 4.57. The van der Waals surface area contributed by atoms with E-state index in [0.717, 1.165) is 55.3 Å². The van der Waals surface area contributed by atoms with Gasteiger partial charge in [-0.15, -0.1) is 0 Å². The van der Waals surface area contributed by atoms with Crippen LogP contribution in [0.15, 0.2) is 35.1 Å². The van der Waals surface area contributed by atoms with Gasteiger partial charge < -0.3 is 14.6 Å². The summed E-state index contributed by atoms with van der Waals surface area (Å²) in [6.45, 7) is 1.46. The van der Waals surface area contributed by atoms with E-state index in [4.69, 9.17) is 5.11 Å². The number of fused-ring (bicyclic) bond motifs is 1. The predicted octanol–water partition coefficient (Wildman–Crippen LogP) is 2.46. The molecule has 5 nitrogen and oxygen atoms in total. The maximum Gasteiger partial charge on any atom is 0.263 e. The summed E-state index contributed by atoms with van der Waals surface area (Å²) in [4.78, 5) is 27.7. The van der Waals surface area contributed by atoms with Gasteiger partial charge >= 0.3 is 0 Å². The summed E-state index contributed by atoms with van der Waals surface area (Å²) in [6, 6.07) is 9.86. The lowest BCUT2D eigenvalue weighted by Crippen LogP contribution is -2.36. The van der Waals surface area contributed by atoms with Gasteiger partial charge in [0.2, 0.25) is 0 Å². The van der Waals surface area contributed by atoms with Crippen molar-refractivity contribution in [3.8, 4) is 0 Å². The third-order valence-corrected chi connectivity index (χ3v) is 6.27. The van der Waals surface area contributed by atoms with Crippen LogP contribution in [0.3, 0.4) is 0 Å². The van der Waals surface area contributed by atoms with E-state index in [1.807, 2.05) is 23.1 Å². The summed E-state index contributed by atoms with van der Waals surface area (Å²) in [5.74, 6) is 0.289. The van der Waals surface area contributed by atoms with Crippen LogP contribution in [-0.4, -0.2) is 33.6 Å². The molecule has 1 aliphatic heterocycles. The van der Waals surface area contributed by atoms with Gasteiger partial charge in [-0.2, -0.15) is 0 Å². The molecule has 0 saturated carbocycles. The quantitative estimate of drug-likeness (QED) is 0.886. The molecule has 2 heterocycles. The zero-order chi connectivity index (χ0) is 19.7. The second-order valence-corrected chi connectivity index (χ2v) is 8.19. The van der Waals surface area contributed by atoms with Crippen LogP contribution in [0.25, 0.3) is 0 Å². The summed E-state index contributed by atoms with van der Waals surface area (Å²) in [6.07, 6.45) is 5.99. The molecule has 4 rings (SSSR count). The van der Waals surface area contributed by atoms with Crippen LogP contribution in [0.4, 0.5) is 0 Å². The Balaban J connectivity index is 1.47. The van der Waals surface area contributed by atoms with Crippen molar-refractivity contribution in [2.24, 2.45) is 13.0 Å². The second kappa shape index (κ2) is 7.92. The number of nitrogens with zero attached hydrogens (tertiary/aromatic N) is 2. The van der Waals surface area contributed by atoms with E-state index in [9.17, 15) is 9.59 Å². The number of amides is 1. The van der Waals surface area contributed by atoms with Crippen molar-refractivity contribution in [3.05, 3.63) is 68.6 Å². The van der Waals surface area contributed by atoms with Gasteiger partial charge in [0.25, 0.3) is 11.5 Å². The van der Waals surface area contributed by atoms with Crippen LogP contribution in [0.1, 0.15) is 52.0 Å². The van der Waals surface area contributed by atoms with E-state index >= 15 is 0 Å². The number of aryl methyl sites for hydroxylation is 1. The van der Waals surface area contributed by atoms with Gasteiger partial charge in [-0.25, -0.2) is 0 Å². The van der Waals surface area contributed by atoms with Gasteiger partial charge in [0.1, 0.15) is 5.56 Å². The van der Waals surface area contributed by atoms with E-state index in [2.05, 4.69) is 12.1 Å². The largest absolute Gasteiger partial charge is 0.392 e. The van der Waals surface area contributed by atoms with Gasteiger partial charge in [-0.05, 0) is 67.2 Å². The Morgan fingerprint density at radius 1 is 1.14 bits per heavy atom. The van der Waals surface area contributed by atoms with E-state index in [1.54, 1.807) is 11.6 Å². The molecular formula is C23H28N2O3. The standard InChI is InChI=1S/C23H28N2O3/c1-24-21-5-3-2-4-19(21)13-20(22(24)27)23(28)25-11-10-18(14-25)12-16-6-8-17(15-26)9-7-16/h6-9,13,18,26H,2-5,10-12,14-15H2,1H3. The predicted molar refractivity (Wildman–Crippen MR) is 108 cm³/mol. The van der Waals surface area contributed by atoms with Crippen LogP contribution in [0, 0.1) is 5.92 Å². The van der Waals surface area contributed by atoms with Crippen LogP contribution in [0.5, 0.6) is 0 Å². The third-order valence-electron chi connectivity index (χ3n) is 6.27. The van der Waals surface area contributed by atoms with E-state index < -0.39 is 0 Å². The van der Waals surface area contributed by atoms with Gasteiger partial charge in [0, 0.05) is 25.8 Å². The Morgan fingerprint density at radius 2 is 1.86 bits per heavy atom. The molecule has 0 bridgehead atoms. The number of likely N-dealkylation sites (tertiary alicyclic amines) is 1. The van der Waals surface area contributed by atoms with Crippen molar-refractivity contribution in [2.45, 2.75) is 45.1 Å². The highest BCUT2D eigenvalue weighted by Crippen LogP contribution is 2.24. The second-order valence-electron chi connectivity index (χ2n) is 8.19. The smallest absolute Gasteiger partial charge is 0.263 e. The number of rotatable bonds is 4. The zero-order valence-electron chi connectivity index (χ0n) is 16.5. The summed E-state index contributed by atoms with van der Waals surface area (Å²) in [7, 11) is 1.80. The molecule has 1 N–H and O–H groups in total. The Hall–Kier alpha value is -2.40. The normalized spacial score (nSPS) is 18.9. The number of hydrogen-bond donors (Lipinski definition) is 1. The molecule has 5 heteroatoms. The summed E-state index contributed by atoms with van der Waals surface area (Å²) >= 11 is 0. The molecule has 148 valence electrons. The fourth-order valence-corrected chi connectivity index (χ4v) is 4.61. The SMILES string of the molecule is Cn1c2c(cc(C(=O)N3CCC(Cc4ccc(CO)cc4)C3)c1=O)CCCC2. The maximum atomic E-state index is 13.1. The van der Waals surface area contributed by atoms with Gasteiger partial charge in [-0.3, -0.25) is 9.59 Å². The summed E-state index contributed by atoms with van der Waals surface area (Å²) in [5, 5.41) is 9.16. The number of carbonyl (C=O) groups is 1. The Labute approximate surface area is 165 Å². The van der Waals surface area contributed by atoms with Crippen LogP contribution >= 0.6 is 0 Å². The Morgan fingerprint density at radius 3 is 2.61 bits per heavy atom. The lowest BCUT2D eigenvalue weighted by Gasteiger charge is -2.22. The molecular weight excluding hydrogens is 352 g/mol. The summed E-state index contributed by atoms with van der Waals surface area (Å²) < 4.78 is 1.69. The van der Waals surface area contributed by atoms with Crippen LogP contribution < -0.4 is 5.56 Å². The van der Waals surface area contributed by atoms with Crippen molar-refractivity contribution in [2.75, 3.05) is 13.1 Å². The molecule has 1 amide bonds. The lowest BCUT2D eigenvalue weighted by atomic mass is 9.94. The molecule has 28 heavy (non-hydrogen) atoms. The number of carbonyl (C=O) groups excluding carboxylic acids is 1. The molecule has 0 radical (unpaired) electrons. The minimum Gasteiger partial charge on any atom is -0.392 e. The number of aliphatic hydroxyl groups is 1. The average molecular weight is 380 g/mol. The molecule has 0 spiro atoms. The first kappa shape index (κ1) is 18.9. The number of hydrogen-bond acceptors (Lipinski definition) is 3. The topological polar surface area (TPSA) is 62.5 Å². The first-order valence-electron chi connectivity index (χ1n) is 10.3. The van der Waals surface area contributed by atoms with Gasteiger partial charge in [-0.1, -0.05) is 24.3 Å². The number of benzene rings is 1. The van der Waals surface area contributed by atoms with Gasteiger partial charge in [0.15, 0.2) is 0 Å². The van der Waals surface area contributed by atoms with Crippen LogP contribution in [0.2, 0.25) is 0 Å². The molecule has 1 aliphatic carbocycles. The zero-order valence-corrected chi connectivity index (χ0v) is 16.5. The van der Waals surface area contributed by atoms with Gasteiger partial charge in [0.05, 0.1) is 6.61 Å². The Bertz CT molecular complexity index is 930. The number of pyridine rings is 1. The Kier molecular flexibility index (Phi) is 5.36. The number of aromatic nitrogens is 1. The van der Waals surface area contributed by atoms with E-state index in [0.29, 0.717) is 24.6 Å².